The van der Waals surface area contributed by atoms with Crippen molar-refractivity contribution in [3.63, 3.8) is 0 Å². The van der Waals surface area contributed by atoms with Crippen molar-refractivity contribution in [1.82, 2.24) is 5.32 Å². The second kappa shape index (κ2) is 8.34. The van der Waals surface area contributed by atoms with Crippen molar-refractivity contribution < 1.29 is 19.5 Å². The van der Waals surface area contributed by atoms with Gasteiger partial charge < -0.3 is 10.8 Å². The molecule has 0 heterocycles. The summed E-state index contributed by atoms with van der Waals surface area (Å²) in [5.41, 5.74) is 6.11. The van der Waals surface area contributed by atoms with Crippen LogP contribution < -0.4 is 11.1 Å². The van der Waals surface area contributed by atoms with Gasteiger partial charge in [0.1, 0.15) is 6.04 Å². The maximum absolute atomic E-state index is 11.6. The summed E-state index contributed by atoms with van der Waals surface area (Å²) in [5, 5.41) is 10.8. The van der Waals surface area contributed by atoms with Gasteiger partial charge in [0.25, 0.3) is 0 Å². The largest absolute Gasteiger partial charge is 0.480 e. The summed E-state index contributed by atoms with van der Waals surface area (Å²) in [6.45, 7) is 0. The van der Waals surface area contributed by atoms with Crippen LogP contribution in [0.2, 0.25) is 0 Å². The minimum Gasteiger partial charge on any atom is -0.480 e. The Morgan fingerprint density at radius 1 is 1.20 bits per heavy atom. The van der Waals surface area contributed by atoms with Gasteiger partial charge in [-0.15, -0.1) is 11.8 Å². The topological polar surface area (TPSA) is 109 Å². The minimum absolute atomic E-state index is 0.00150. The first kappa shape index (κ1) is 16.2. The number of carboxylic acid groups (broad SMARTS) is 1. The van der Waals surface area contributed by atoms with E-state index < -0.39 is 17.9 Å². The van der Waals surface area contributed by atoms with E-state index in [0.717, 1.165) is 17.3 Å². The van der Waals surface area contributed by atoms with Gasteiger partial charge in [-0.05, 0) is 5.56 Å². The van der Waals surface area contributed by atoms with Crippen LogP contribution >= 0.6 is 11.8 Å². The lowest BCUT2D eigenvalue weighted by molar-refractivity contribution is -0.138. The number of hydrogen-bond acceptors (Lipinski definition) is 5. The molecule has 1 rings (SSSR count). The van der Waals surface area contributed by atoms with Crippen LogP contribution in [0, 0.1) is 0 Å². The van der Waals surface area contributed by atoms with Crippen LogP contribution in [-0.2, 0) is 20.8 Å². The predicted octanol–water partition coefficient (Wildman–Crippen LogP) is 0.0170. The monoisotopic (exact) mass is 296 g/mol. The summed E-state index contributed by atoms with van der Waals surface area (Å²) >= 11 is 1.08. The second-order valence-electron chi connectivity index (χ2n) is 4.09. The zero-order valence-electron chi connectivity index (χ0n) is 10.7. The van der Waals surface area contributed by atoms with Gasteiger partial charge >= 0.3 is 5.97 Å². The van der Waals surface area contributed by atoms with Gasteiger partial charge in [-0.3, -0.25) is 19.7 Å². The highest BCUT2D eigenvalue weighted by Crippen LogP contribution is 2.02. The lowest BCUT2D eigenvalue weighted by Crippen LogP contribution is -2.35. The van der Waals surface area contributed by atoms with Crippen molar-refractivity contribution in [2.75, 3.05) is 11.5 Å². The van der Waals surface area contributed by atoms with Crippen LogP contribution in [-0.4, -0.2) is 40.4 Å². The van der Waals surface area contributed by atoms with Crippen LogP contribution in [0.5, 0.6) is 0 Å². The third-order valence-electron chi connectivity index (χ3n) is 2.33. The quantitative estimate of drug-likeness (QED) is 0.654. The summed E-state index contributed by atoms with van der Waals surface area (Å²) in [5.74, 6) is -1.83. The van der Waals surface area contributed by atoms with E-state index in [2.05, 4.69) is 5.32 Å². The van der Waals surface area contributed by atoms with E-state index >= 15 is 0 Å². The number of hydrogen-bond donors (Lipinski definition) is 3. The van der Waals surface area contributed by atoms with Crippen LogP contribution in [0.4, 0.5) is 0 Å². The van der Waals surface area contributed by atoms with E-state index in [9.17, 15) is 14.4 Å². The van der Waals surface area contributed by atoms with E-state index in [4.69, 9.17) is 10.8 Å². The summed E-state index contributed by atoms with van der Waals surface area (Å²) in [7, 11) is 0. The first-order valence-corrected chi connectivity index (χ1v) is 7.07. The Kier molecular flexibility index (Phi) is 6.75. The van der Waals surface area contributed by atoms with Crippen LogP contribution in [0.1, 0.15) is 5.56 Å². The highest BCUT2D eigenvalue weighted by atomic mass is 32.2. The fraction of sp³-hybridized carbons (Fsp3) is 0.308. The van der Waals surface area contributed by atoms with Crippen molar-refractivity contribution in [1.29, 1.82) is 0 Å². The molecule has 4 N–H and O–H groups in total. The molecule has 0 aliphatic carbocycles. The highest BCUT2D eigenvalue weighted by Gasteiger charge is 2.13. The Bertz CT molecular complexity index is 479. The number of nitrogens with two attached hydrogens (primary N) is 1. The van der Waals surface area contributed by atoms with E-state index in [1.54, 1.807) is 12.1 Å². The highest BCUT2D eigenvalue weighted by molar-refractivity contribution is 8.00. The number of nitrogens with one attached hydrogen (secondary N) is 1. The molecule has 0 saturated carbocycles. The molecule has 0 spiro atoms. The number of amides is 2. The summed E-state index contributed by atoms with van der Waals surface area (Å²) in [4.78, 5) is 33.5. The molecule has 0 aliphatic heterocycles. The van der Waals surface area contributed by atoms with Crippen molar-refractivity contribution >= 4 is 29.5 Å². The van der Waals surface area contributed by atoms with E-state index in [0.29, 0.717) is 0 Å². The Morgan fingerprint density at radius 2 is 1.85 bits per heavy atom. The first-order chi connectivity index (χ1) is 9.49. The molecule has 1 atom stereocenters. The number of rotatable bonds is 7. The predicted molar refractivity (Wildman–Crippen MR) is 76.2 cm³/mol. The average molecular weight is 296 g/mol. The molecule has 108 valence electrons. The van der Waals surface area contributed by atoms with Crippen molar-refractivity contribution in [2.45, 2.75) is 12.5 Å². The van der Waals surface area contributed by atoms with Gasteiger partial charge in [0.2, 0.25) is 11.8 Å². The Hall–Kier alpha value is -1.86. The molecule has 2 amide bonds. The molecule has 1 aromatic rings. The zero-order chi connectivity index (χ0) is 15.0. The maximum Gasteiger partial charge on any atom is 0.321 e. The van der Waals surface area contributed by atoms with Gasteiger partial charge in [0, 0.05) is 5.75 Å². The smallest absolute Gasteiger partial charge is 0.321 e. The van der Waals surface area contributed by atoms with Crippen molar-refractivity contribution in [2.24, 2.45) is 5.73 Å². The number of carbonyl (C=O) groups is 3. The number of imide groups is 1. The van der Waals surface area contributed by atoms with E-state index in [1.807, 2.05) is 18.2 Å². The normalized spacial score (nSPS) is 11.7. The molecular formula is C13H16N2O4S. The Morgan fingerprint density at radius 3 is 2.45 bits per heavy atom. The number of benzene rings is 1. The third-order valence-corrected chi connectivity index (χ3v) is 3.40. The van der Waals surface area contributed by atoms with Crippen LogP contribution in [0.25, 0.3) is 0 Å². The standard InChI is InChI=1S/C13H16N2O4S/c14-10(13(18)19)7-20-8-12(17)15-11(16)6-9-4-2-1-3-5-9/h1-5,10H,6-8,14H2,(H,18,19)(H,15,16,17)/t10-/m1/s1. The van der Waals surface area contributed by atoms with Gasteiger partial charge in [0.15, 0.2) is 0 Å². The second-order valence-corrected chi connectivity index (χ2v) is 5.12. The molecule has 0 unspecified atom stereocenters. The first-order valence-electron chi connectivity index (χ1n) is 5.91. The number of aliphatic carboxylic acids is 1. The molecule has 1 aromatic carbocycles. The molecule has 7 heteroatoms. The van der Waals surface area contributed by atoms with Crippen LogP contribution in [0.3, 0.4) is 0 Å². The van der Waals surface area contributed by atoms with Crippen molar-refractivity contribution in [3.05, 3.63) is 35.9 Å². The fourth-order valence-corrected chi connectivity index (χ4v) is 2.14. The number of carbonyl (C=O) groups excluding carboxylic acids is 2. The van der Waals surface area contributed by atoms with Crippen LogP contribution in [0.15, 0.2) is 30.3 Å². The van der Waals surface area contributed by atoms with E-state index in [1.165, 1.54) is 0 Å². The Balaban J connectivity index is 2.25. The summed E-state index contributed by atoms with van der Waals surface area (Å²) in [6, 6.07) is 8.05. The summed E-state index contributed by atoms with van der Waals surface area (Å²) in [6.07, 6.45) is 0.131. The molecule has 0 aliphatic rings. The zero-order valence-corrected chi connectivity index (χ0v) is 11.6. The van der Waals surface area contributed by atoms with Crippen molar-refractivity contribution in [3.8, 4) is 0 Å². The molecule has 6 nitrogen and oxygen atoms in total. The SMILES string of the molecule is N[C@H](CSCC(=O)NC(=O)Cc1ccccc1)C(=O)O. The van der Waals surface area contributed by atoms with E-state index in [-0.39, 0.29) is 23.8 Å². The lowest BCUT2D eigenvalue weighted by atomic mass is 10.1. The maximum atomic E-state index is 11.6. The molecular weight excluding hydrogens is 280 g/mol. The molecule has 0 bridgehead atoms. The third kappa shape index (κ3) is 6.35. The molecule has 0 fully saturated rings. The summed E-state index contributed by atoms with van der Waals surface area (Å²) < 4.78 is 0. The van der Waals surface area contributed by atoms with Gasteiger partial charge in [-0.1, -0.05) is 30.3 Å². The molecule has 20 heavy (non-hydrogen) atoms. The van der Waals surface area contributed by atoms with Gasteiger partial charge in [0.05, 0.1) is 12.2 Å². The van der Waals surface area contributed by atoms with Gasteiger partial charge in [-0.25, -0.2) is 0 Å². The Labute approximate surface area is 120 Å². The molecule has 0 saturated heterocycles. The minimum atomic E-state index is -1.11. The molecule has 0 radical (unpaired) electrons. The number of carboxylic acids is 1. The lowest BCUT2D eigenvalue weighted by Gasteiger charge is -2.06. The average Bonchev–Trinajstić information content (AvgIpc) is 2.39. The number of thioether (sulfide) groups is 1. The fourth-order valence-electron chi connectivity index (χ4n) is 1.37. The molecule has 0 aromatic heterocycles. The van der Waals surface area contributed by atoms with Gasteiger partial charge in [-0.2, -0.15) is 0 Å².